The number of rotatable bonds is 9. The van der Waals surface area contributed by atoms with Gasteiger partial charge in [0.15, 0.2) is 9.84 Å². The Morgan fingerprint density at radius 3 is 2.61 bits per heavy atom. The first-order chi connectivity index (χ1) is 16.7. The summed E-state index contributed by atoms with van der Waals surface area (Å²) in [6, 6.07) is -2.13. The maximum absolute atomic E-state index is 13.0. The molecule has 202 valence electrons. The molecule has 14 nitrogen and oxygen atoms in total. The zero-order valence-electron chi connectivity index (χ0n) is 19.6. The van der Waals surface area contributed by atoms with Crippen molar-refractivity contribution in [1.29, 1.82) is 0 Å². The highest BCUT2D eigenvalue weighted by Crippen LogP contribution is 2.51. The van der Waals surface area contributed by atoms with Crippen molar-refractivity contribution in [3.05, 3.63) is 10.6 Å². The topological polar surface area (TPSA) is 217 Å². The Morgan fingerprint density at radius 2 is 2.03 bits per heavy atom. The largest absolute Gasteiger partial charge is 0.477 e. The van der Waals surface area contributed by atoms with Gasteiger partial charge < -0.3 is 20.6 Å². The summed E-state index contributed by atoms with van der Waals surface area (Å²) in [5.74, 6) is -3.68. The Kier molecular flexibility index (Phi) is 7.46. The fraction of sp³-hybridized carbons (Fsp3) is 0.737. The second-order valence-electron chi connectivity index (χ2n) is 9.61. The third kappa shape index (κ3) is 5.41. The van der Waals surface area contributed by atoms with Crippen LogP contribution in [0, 0.1) is 11.8 Å². The molecule has 0 aromatic heterocycles. The summed E-state index contributed by atoms with van der Waals surface area (Å²) in [6.07, 6.45) is 0.572. The van der Waals surface area contributed by atoms with Crippen molar-refractivity contribution >= 4 is 49.6 Å². The van der Waals surface area contributed by atoms with E-state index in [-0.39, 0.29) is 41.1 Å². The fourth-order valence-electron chi connectivity index (χ4n) is 5.30. The average Bonchev–Trinajstić information content (AvgIpc) is 3.42. The number of nitrogens with one attached hydrogen (secondary N) is 4. The molecule has 0 aromatic carbocycles. The number of nitrogens with zero attached hydrogens (tertiary/aromatic N) is 1. The highest BCUT2D eigenvalue weighted by atomic mass is 32.2. The summed E-state index contributed by atoms with van der Waals surface area (Å²) in [5, 5.41) is 23.4. The van der Waals surface area contributed by atoms with Crippen molar-refractivity contribution in [3.8, 4) is 0 Å². The lowest BCUT2D eigenvalue weighted by atomic mass is 9.78. The molecule has 4 heterocycles. The smallest absolute Gasteiger partial charge is 0.353 e. The molecule has 0 spiro atoms. The number of sulfone groups is 1. The monoisotopic (exact) mass is 566 g/mol. The zero-order valence-corrected chi connectivity index (χ0v) is 22.1. The predicted molar refractivity (Wildman–Crippen MR) is 130 cm³/mol. The molecule has 0 radical (unpaired) electrons. The predicted octanol–water partition coefficient (Wildman–Crippen LogP) is -3.14. The fourth-order valence-corrected chi connectivity index (χ4v) is 8.60. The van der Waals surface area contributed by atoms with Crippen LogP contribution < -0.4 is 25.8 Å². The van der Waals surface area contributed by atoms with Gasteiger partial charge in [-0.1, -0.05) is 6.92 Å². The molecule has 4 rings (SSSR count). The van der Waals surface area contributed by atoms with Crippen LogP contribution in [0.5, 0.6) is 0 Å². The van der Waals surface area contributed by atoms with Gasteiger partial charge in [-0.25, -0.2) is 23.1 Å². The lowest BCUT2D eigenvalue weighted by molar-refractivity contribution is -0.158. The molecule has 36 heavy (non-hydrogen) atoms. The molecule has 0 aliphatic carbocycles. The van der Waals surface area contributed by atoms with Gasteiger partial charge in [0.05, 0.1) is 23.6 Å². The minimum absolute atomic E-state index is 0.0381. The minimum atomic E-state index is -3.82. The molecule has 0 saturated carbocycles. The van der Waals surface area contributed by atoms with Crippen LogP contribution in [0.25, 0.3) is 0 Å². The first-order valence-electron chi connectivity index (χ1n) is 11.4. The summed E-state index contributed by atoms with van der Waals surface area (Å²) < 4.78 is 47.8. The van der Waals surface area contributed by atoms with Crippen LogP contribution >= 0.6 is 11.8 Å². The Morgan fingerprint density at radius 1 is 1.33 bits per heavy atom. The van der Waals surface area contributed by atoms with E-state index in [2.05, 4.69) is 20.7 Å². The maximum Gasteiger partial charge on any atom is 0.353 e. The number of hydrogen-bond donors (Lipinski definition) is 6. The van der Waals surface area contributed by atoms with Gasteiger partial charge in [-0.3, -0.25) is 14.9 Å². The third-order valence-electron chi connectivity index (χ3n) is 6.99. The van der Waals surface area contributed by atoms with E-state index in [0.717, 1.165) is 0 Å². The van der Waals surface area contributed by atoms with Crippen LogP contribution in [0.15, 0.2) is 10.6 Å². The van der Waals surface area contributed by atoms with Crippen molar-refractivity contribution in [3.63, 3.8) is 0 Å². The molecule has 1 unspecified atom stereocenters. The van der Waals surface area contributed by atoms with Gasteiger partial charge in [0.25, 0.3) is 10.2 Å². The van der Waals surface area contributed by atoms with E-state index >= 15 is 0 Å². The first-order valence-corrected chi connectivity index (χ1v) is 15.7. The van der Waals surface area contributed by atoms with Gasteiger partial charge in [-0.2, -0.15) is 8.42 Å². The highest BCUT2D eigenvalue weighted by Gasteiger charge is 2.60. The normalized spacial score (nSPS) is 34.4. The van der Waals surface area contributed by atoms with E-state index < -0.39 is 61.9 Å². The summed E-state index contributed by atoms with van der Waals surface area (Å²) in [6.45, 7) is 4.14. The number of β-lactam (4-membered cyclic amide) rings is 1. The number of carbonyl (C=O) groups is 3. The van der Waals surface area contributed by atoms with Crippen molar-refractivity contribution < 1.29 is 36.3 Å². The Bertz CT molecular complexity index is 1210. The van der Waals surface area contributed by atoms with Crippen LogP contribution in [0.3, 0.4) is 0 Å². The number of carboxylic acid groups (broad SMARTS) is 1. The standard InChI is InChI=1S/C19H30N6O8S3/c1-8-14-13(9(2)24-17(26)12-6-35(30,31)7-22-12)18(27)25(14)15(19(28)29)16(8)34-11-3-10(21-5-11)4-23-36(20,32)33/h8-14,21-23H,3-7H2,1-2H3,(H,24,26)(H,28,29)(H2,20,32,33)/t8-,9-,10+,11+,12?,13-,14-/m1/s1. The lowest BCUT2D eigenvalue weighted by Crippen LogP contribution is -2.66. The molecule has 7 N–H and O–H groups in total. The van der Waals surface area contributed by atoms with E-state index in [9.17, 15) is 36.3 Å². The van der Waals surface area contributed by atoms with Crippen LogP contribution in [-0.4, -0.2) is 98.8 Å². The van der Waals surface area contributed by atoms with Crippen LogP contribution in [0.4, 0.5) is 0 Å². The number of hydrogen-bond acceptors (Lipinski definition) is 10. The Labute approximate surface area is 213 Å². The van der Waals surface area contributed by atoms with E-state index in [4.69, 9.17) is 5.14 Å². The first kappa shape index (κ1) is 27.3. The summed E-state index contributed by atoms with van der Waals surface area (Å²) in [5.41, 5.74) is -0.0630. The number of carboxylic acids is 1. The van der Waals surface area contributed by atoms with E-state index in [1.165, 1.54) is 16.7 Å². The van der Waals surface area contributed by atoms with Crippen molar-refractivity contribution in [2.45, 2.75) is 49.7 Å². The highest BCUT2D eigenvalue weighted by molar-refractivity contribution is 8.03. The molecule has 3 saturated heterocycles. The maximum atomic E-state index is 13.0. The van der Waals surface area contributed by atoms with Gasteiger partial charge in [0.2, 0.25) is 11.8 Å². The van der Waals surface area contributed by atoms with Crippen LogP contribution in [0.1, 0.15) is 20.3 Å². The van der Waals surface area contributed by atoms with Gasteiger partial charge in [0.1, 0.15) is 11.7 Å². The molecule has 4 aliphatic heterocycles. The number of amides is 2. The average molecular weight is 567 g/mol. The molecule has 7 atom stereocenters. The molecule has 0 bridgehead atoms. The minimum Gasteiger partial charge on any atom is -0.477 e. The van der Waals surface area contributed by atoms with Crippen molar-refractivity contribution in [2.75, 3.05) is 24.7 Å². The number of nitrogens with two attached hydrogens (primary N) is 1. The lowest BCUT2D eigenvalue weighted by Gasteiger charge is -2.47. The summed E-state index contributed by atoms with van der Waals surface area (Å²) in [4.78, 5) is 39.6. The van der Waals surface area contributed by atoms with Crippen LogP contribution in [-0.2, 0) is 34.4 Å². The molecular formula is C19H30N6O8S3. The van der Waals surface area contributed by atoms with Crippen molar-refractivity contribution in [1.82, 2.24) is 25.6 Å². The second kappa shape index (κ2) is 9.85. The summed E-state index contributed by atoms with van der Waals surface area (Å²) in [7, 11) is -7.16. The summed E-state index contributed by atoms with van der Waals surface area (Å²) >= 11 is 1.36. The van der Waals surface area contributed by atoms with Crippen molar-refractivity contribution in [2.24, 2.45) is 17.0 Å². The van der Waals surface area contributed by atoms with Gasteiger partial charge in [0, 0.05) is 41.2 Å². The molecule has 0 aromatic rings. The van der Waals surface area contributed by atoms with E-state index in [1.807, 2.05) is 6.92 Å². The quantitative estimate of drug-likeness (QED) is 0.153. The van der Waals surface area contributed by atoms with E-state index in [1.54, 1.807) is 6.92 Å². The second-order valence-corrected chi connectivity index (χ2v) is 14.4. The molecule has 2 amide bonds. The Balaban J connectivity index is 1.42. The molecule has 17 heteroatoms. The number of thioether (sulfide) groups is 1. The Hall–Kier alpha value is -1.76. The van der Waals surface area contributed by atoms with Gasteiger partial charge >= 0.3 is 5.97 Å². The van der Waals surface area contributed by atoms with Gasteiger partial charge in [-0.05, 0) is 13.3 Å². The molecule has 3 fully saturated rings. The number of aliphatic carboxylic acids is 1. The molecule has 4 aliphatic rings. The third-order valence-corrected chi connectivity index (χ3v) is 10.5. The van der Waals surface area contributed by atoms with E-state index in [0.29, 0.717) is 17.9 Å². The number of fused-ring (bicyclic) bond motifs is 1. The number of carbonyl (C=O) groups excluding carboxylic acids is 2. The van der Waals surface area contributed by atoms with Crippen LogP contribution in [0.2, 0.25) is 0 Å². The van der Waals surface area contributed by atoms with Gasteiger partial charge in [-0.15, -0.1) is 11.8 Å². The zero-order chi connectivity index (χ0) is 26.6. The SMILES string of the molecule is C[C@@H](NC(=O)C1CS(=O)(=O)CN1)[C@H]1C(=O)N2C(C(=O)O)=C(S[C@@H]3CN[C@H](CNS(N)(=O)=O)C3)[C@H](C)[C@H]12. The molecular weight excluding hydrogens is 536 g/mol.